The summed E-state index contributed by atoms with van der Waals surface area (Å²) in [6, 6.07) is 1.14. The fraction of sp³-hybridized carbons (Fsp3) is 0.481. The van der Waals surface area contributed by atoms with Crippen LogP contribution in [0.25, 0.3) is 0 Å². The van der Waals surface area contributed by atoms with Gasteiger partial charge in [0.1, 0.15) is 6.61 Å². The number of aromatic nitrogens is 3. The Bertz CT molecular complexity index is 1250. The highest BCUT2D eigenvalue weighted by molar-refractivity contribution is 5.35. The molecule has 3 rings (SSSR count). The van der Waals surface area contributed by atoms with Gasteiger partial charge in [0.15, 0.2) is 5.82 Å². The van der Waals surface area contributed by atoms with E-state index < -0.39 is 40.8 Å². The van der Waals surface area contributed by atoms with Gasteiger partial charge in [-0.25, -0.2) is 9.89 Å². The molecule has 0 radical (unpaired) electrons. The Morgan fingerprint density at radius 2 is 1.85 bits per heavy atom. The van der Waals surface area contributed by atoms with Gasteiger partial charge in [0.05, 0.1) is 35.4 Å². The lowest BCUT2D eigenvalue weighted by Crippen LogP contribution is -2.56. The van der Waals surface area contributed by atoms with Crippen LogP contribution in [0.4, 0.5) is 26.3 Å². The Morgan fingerprint density at radius 1 is 1.20 bits per heavy atom. The highest BCUT2D eigenvalue weighted by atomic mass is 19.4. The van der Waals surface area contributed by atoms with E-state index in [1.54, 1.807) is 18.2 Å². The summed E-state index contributed by atoms with van der Waals surface area (Å²) in [4.78, 5) is 12.4. The molecule has 1 aromatic heterocycles. The van der Waals surface area contributed by atoms with E-state index in [0.717, 1.165) is 0 Å². The van der Waals surface area contributed by atoms with Crippen LogP contribution in [0.15, 0.2) is 59.4 Å². The molecule has 1 saturated heterocycles. The van der Waals surface area contributed by atoms with Gasteiger partial charge in [-0.3, -0.25) is 4.57 Å². The number of halogens is 6. The monoisotopic (exact) mass is 574 g/mol. The summed E-state index contributed by atoms with van der Waals surface area (Å²) in [5.41, 5.74) is -3.75. The number of alkyl halides is 6. The van der Waals surface area contributed by atoms with Crippen molar-refractivity contribution in [3.63, 3.8) is 0 Å². The van der Waals surface area contributed by atoms with Gasteiger partial charge in [-0.05, 0) is 56.0 Å². The van der Waals surface area contributed by atoms with Crippen molar-refractivity contribution in [1.82, 2.24) is 20.1 Å². The van der Waals surface area contributed by atoms with Crippen molar-refractivity contribution in [2.45, 2.75) is 63.3 Å². The molecular formula is C27H32F6N4O3. The molecule has 7 nitrogen and oxygen atoms in total. The van der Waals surface area contributed by atoms with Gasteiger partial charge in [-0.2, -0.15) is 31.4 Å². The molecule has 2 N–H and O–H groups in total. The molecule has 1 fully saturated rings. The van der Waals surface area contributed by atoms with Crippen molar-refractivity contribution in [3.05, 3.63) is 87.7 Å². The number of ether oxygens (including phenoxy) is 2. The first-order valence-electron chi connectivity index (χ1n) is 12.5. The number of H-pyrrole nitrogens is 1. The number of rotatable bonds is 10. The highest BCUT2D eigenvalue weighted by Crippen LogP contribution is 2.39. The van der Waals surface area contributed by atoms with Crippen molar-refractivity contribution >= 4 is 0 Å². The van der Waals surface area contributed by atoms with E-state index in [0.29, 0.717) is 42.9 Å². The van der Waals surface area contributed by atoms with Crippen molar-refractivity contribution in [3.8, 4) is 0 Å². The number of nitrogens with one attached hydrogen (secondary N) is 2. The number of aromatic amines is 1. The molecule has 3 atom stereocenters. The fourth-order valence-corrected chi connectivity index (χ4v) is 4.59. The summed E-state index contributed by atoms with van der Waals surface area (Å²) in [6.07, 6.45) is -3.01. The van der Waals surface area contributed by atoms with Crippen molar-refractivity contribution < 1.29 is 35.8 Å². The van der Waals surface area contributed by atoms with E-state index in [-0.39, 0.29) is 30.9 Å². The molecule has 2 aromatic rings. The van der Waals surface area contributed by atoms with Crippen LogP contribution >= 0.6 is 0 Å². The number of allylic oxidation sites excluding steroid dienone is 3. The predicted molar refractivity (Wildman–Crippen MR) is 136 cm³/mol. The van der Waals surface area contributed by atoms with Crippen LogP contribution in [-0.4, -0.2) is 40.6 Å². The van der Waals surface area contributed by atoms with E-state index >= 15 is 0 Å². The number of nitrogens with zero attached hydrogens (tertiary/aromatic N) is 2. The Morgan fingerprint density at radius 3 is 2.38 bits per heavy atom. The normalized spacial score (nSPS) is 21.4. The van der Waals surface area contributed by atoms with Crippen LogP contribution in [-0.2, 0) is 28.4 Å². The molecule has 0 bridgehead atoms. The van der Waals surface area contributed by atoms with Crippen molar-refractivity contribution in [2.75, 3.05) is 20.3 Å². The van der Waals surface area contributed by atoms with Crippen molar-refractivity contribution in [2.24, 2.45) is 0 Å². The second-order valence-electron chi connectivity index (χ2n) is 9.61. The summed E-state index contributed by atoms with van der Waals surface area (Å²) in [5.74, 6) is 0.425. The van der Waals surface area contributed by atoms with Gasteiger partial charge in [0, 0.05) is 13.7 Å². The molecule has 13 heteroatoms. The molecule has 0 saturated carbocycles. The molecule has 0 aliphatic carbocycles. The third kappa shape index (κ3) is 7.32. The van der Waals surface area contributed by atoms with E-state index in [2.05, 4.69) is 22.1 Å². The minimum absolute atomic E-state index is 0.0874. The first kappa shape index (κ1) is 31.4. The van der Waals surface area contributed by atoms with Gasteiger partial charge in [-0.1, -0.05) is 30.9 Å². The van der Waals surface area contributed by atoms with Crippen LogP contribution in [0.1, 0.15) is 61.3 Å². The molecule has 40 heavy (non-hydrogen) atoms. The van der Waals surface area contributed by atoms with E-state index in [1.165, 1.54) is 18.6 Å². The third-order valence-electron chi connectivity index (χ3n) is 6.87. The molecular weight excluding hydrogens is 542 g/mol. The summed E-state index contributed by atoms with van der Waals surface area (Å²) in [7, 11) is 1.48. The number of methoxy groups -OCH3 is 1. The van der Waals surface area contributed by atoms with Crippen LogP contribution in [0.3, 0.4) is 0 Å². The Hall–Kier alpha value is -3.16. The lowest BCUT2D eigenvalue weighted by atomic mass is 9.81. The maximum atomic E-state index is 13.4. The van der Waals surface area contributed by atoms with Gasteiger partial charge in [-0.15, -0.1) is 0 Å². The predicted octanol–water partition coefficient (Wildman–Crippen LogP) is 5.89. The first-order chi connectivity index (χ1) is 18.7. The van der Waals surface area contributed by atoms with Crippen molar-refractivity contribution in [1.29, 1.82) is 0 Å². The van der Waals surface area contributed by atoms with Gasteiger partial charge in [0.25, 0.3) is 0 Å². The molecule has 0 spiro atoms. The largest absolute Gasteiger partial charge is 0.416 e. The number of hydrogen-bond donors (Lipinski definition) is 2. The lowest BCUT2D eigenvalue weighted by Gasteiger charge is -2.42. The third-order valence-corrected chi connectivity index (χ3v) is 6.87. The SMILES string of the molecule is C=C(/C=C\C=C/C)[C@]1(CO[C@H](C)c2cc(C(F)(F)F)cc(C(F)(F)F)c2)CC[C@H](n2c(COC)n[nH]c2=O)CN1. The maximum Gasteiger partial charge on any atom is 0.416 e. The van der Waals surface area contributed by atoms with Gasteiger partial charge in [0.2, 0.25) is 0 Å². The first-order valence-corrected chi connectivity index (χ1v) is 12.5. The molecule has 1 aliphatic rings. The zero-order chi connectivity index (χ0) is 29.7. The molecule has 0 unspecified atom stereocenters. The van der Waals surface area contributed by atoms with Crippen LogP contribution in [0, 0.1) is 0 Å². The second kappa shape index (κ2) is 12.6. The zero-order valence-corrected chi connectivity index (χ0v) is 22.3. The Labute approximate surface area is 227 Å². The van der Waals surface area contributed by atoms with Crippen LogP contribution in [0.2, 0.25) is 0 Å². The zero-order valence-electron chi connectivity index (χ0n) is 22.3. The average Bonchev–Trinajstić information content (AvgIpc) is 3.26. The quantitative estimate of drug-likeness (QED) is 0.274. The van der Waals surface area contributed by atoms with Crippen LogP contribution < -0.4 is 11.0 Å². The summed E-state index contributed by atoms with van der Waals surface area (Å²) >= 11 is 0. The lowest BCUT2D eigenvalue weighted by molar-refractivity contribution is -0.143. The molecule has 220 valence electrons. The number of piperidine rings is 1. The number of benzene rings is 1. The standard InChI is InChI=1S/C27H32F6N4O3/c1-5-6-7-8-17(2)25(10-9-22(14-34-25)37-23(15-39-4)35-36-24(37)38)16-40-18(3)19-11-20(26(28,29)30)13-21(12-19)27(31,32)33/h5-8,11-13,18,22,34H,2,9-10,14-16H2,1,3-4H3,(H,36,38)/b6-5-,8-7-/t18-,22+,25-/m1/s1. The van der Waals surface area contributed by atoms with E-state index in [1.807, 2.05) is 13.0 Å². The summed E-state index contributed by atoms with van der Waals surface area (Å²) in [6.45, 7) is 7.71. The van der Waals surface area contributed by atoms with Gasteiger partial charge >= 0.3 is 18.0 Å². The minimum atomic E-state index is -4.96. The molecule has 2 heterocycles. The highest BCUT2D eigenvalue weighted by Gasteiger charge is 2.40. The summed E-state index contributed by atoms with van der Waals surface area (Å²) in [5, 5.41) is 9.78. The van der Waals surface area contributed by atoms with Crippen LogP contribution in [0.5, 0.6) is 0 Å². The topological polar surface area (TPSA) is 81.2 Å². The minimum Gasteiger partial charge on any atom is -0.377 e. The molecule has 1 aliphatic heterocycles. The van der Waals surface area contributed by atoms with E-state index in [9.17, 15) is 31.1 Å². The number of hydrogen-bond acceptors (Lipinski definition) is 5. The fourth-order valence-electron chi connectivity index (χ4n) is 4.59. The van der Waals surface area contributed by atoms with Gasteiger partial charge < -0.3 is 14.8 Å². The maximum absolute atomic E-state index is 13.4. The molecule has 1 aromatic carbocycles. The second-order valence-corrected chi connectivity index (χ2v) is 9.61. The smallest absolute Gasteiger partial charge is 0.377 e. The molecule has 0 amide bonds. The Kier molecular flexibility index (Phi) is 9.85. The average molecular weight is 575 g/mol. The van der Waals surface area contributed by atoms with E-state index in [4.69, 9.17) is 9.47 Å². The summed E-state index contributed by atoms with van der Waals surface area (Å²) < 4.78 is 92.8. The Balaban J connectivity index is 1.87.